The van der Waals surface area contributed by atoms with Crippen molar-refractivity contribution in [3.8, 4) is 0 Å². The lowest BCUT2D eigenvalue weighted by Gasteiger charge is -2.15. The van der Waals surface area contributed by atoms with E-state index in [4.69, 9.17) is 9.47 Å². The molecular weight excluding hydrogens is 448 g/mol. The molecule has 4 nitrogen and oxygen atoms in total. The van der Waals surface area contributed by atoms with Gasteiger partial charge in [0.15, 0.2) is 0 Å². The number of carbonyl (C=O) groups excluding carboxylic acids is 1. The van der Waals surface area contributed by atoms with Crippen molar-refractivity contribution in [2.45, 2.75) is 168 Å². The minimum Gasteiger partial charge on any atom is -0.457 e. The average Bonchev–Trinajstić information content (AvgIpc) is 2.88. The molecule has 0 aromatic carbocycles. The van der Waals surface area contributed by atoms with E-state index in [2.05, 4.69) is 26.0 Å². The molecule has 0 spiro atoms. The number of rotatable bonds is 29. The largest absolute Gasteiger partial charge is 0.457 e. The standard InChI is InChI=1S/C32H62O4/c1-3-5-7-9-11-13-14-15-16-17-18-19-20-22-24-26-28-35-30-31(29-33)36-32(34)27-25-23-21-12-10-8-6-4-2/h15-16,31,33H,3-14,17-30H2,1-2H3/b16-15-. The highest BCUT2D eigenvalue weighted by Crippen LogP contribution is 2.12. The Morgan fingerprint density at radius 3 is 1.58 bits per heavy atom. The van der Waals surface area contributed by atoms with Gasteiger partial charge in [-0.1, -0.05) is 129 Å². The van der Waals surface area contributed by atoms with E-state index in [0.29, 0.717) is 19.6 Å². The number of allylic oxidation sites excluding steroid dienone is 2. The summed E-state index contributed by atoms with van der Waals surface area (Å²) in [5.74, 6) is -0.208. The van der Waals surface area contributed by atoms with Crippen LogP contribution < -0.4 is 0 Å². The van der Waals surface area contributed by atoms with Gasteiger partial charge in [0, 0.05) is 13.0 Å². The molecule has 0 aliphatic heterocycles. The Labute approximate surface area is 225 Å². The van der Waals surface area contributed by atoms with Crippen molar-refractivity contribution in [2.75, 3.05) is 19.8 Å². The molecule has 1 atom stereocenters. The first-order valence-electron chi connectivity index (χ1n) is 15.8. The van der Waals surface area contributed by atoms with Crippen LogP contribution in [-0.2, 0) is 14.3 Å². The average molecular weight is 511 g/mol. The van der Waals surface area contributed by atoms with E-state index >= 15 is 0 Å². The van der Waals surface area contributed by atoms with E-state index in [-0.39, 0.29) is 12.6 Å². The second-order valence-corrected chi connectivity index (χ2v) is 10.5. The molecule has 1 unspecified atom stereocenters. The third-order valence-electron chi connectivity index (χ3n) is 6.84. The number of ether oxygens (including phenoxy) is 2. The van der Waals surface area contributed by atoms with Crippen LogP contribution in [-0.4, -0.2) is 37.0 Å². The van der Waals surface area contributed by atoms with Crippen LogP contribution in [0.25, 0.3) is 0 Å². The van der Waals surface area contributed by atoms with Crippen LogP contribution in [0.3, 0.4) is 0 Å². The van der Waals surface area contributed by atoms with E-state index in [1.807, 2.05) is 0 Å². The van der Waals surface area contributed by atoms with Crippen molar-refractivity contribution in [2.24, 2.45) is 0 Å². The van der Waals surface area contributed by atoms with Crippen LogP contribution in [0.4, 0.5) is 0 Å². The smallest absolute Gasteiger partial charge is 0.306 e. The topological polar surface area (TPSA) is 55.8 Å². The van der Waals surface area contributed by atoms with Crippen LogP contribution >= 0.6 is 0 Å². The summed E-state index contributed by atoms with van der Waals surface area (Å²) < 4.78 is 11.0. The van der Waals surface area contributed by atoms with E-state index in [9.17, 15) is 9.90 Å². The molecule has 4 heteroatoms. The minimum atomic E-state index is -0.527. The van der Waals surface area contributed by atoms with Gasteiger partial charge in [-0.2, -0.15) is 0 Å². The Morgan fingerprint density at radius 1 is 0.639 bits per heavy atom. The second-order valence-electron chi connectivity index (χ2n) is 10.5. The van der Waals surface area contributed by atoms with Gasteiger partial charge in [-0.15, -0.1) is 0 Å². The van der Waals surface area contributed by atoms with Gasteiger partial charge < -0.3 is 14.6 Å². The lowest BCUT2D eigenvalue weighted by molar-refractivity contribution is -0.154. The molecule has 1 N–H and O–H groups in total. The van der Waals surface area contributed by atoms with Crippen molar-refractivity contribution in [1.82, 2.24) is 0 Å². The first kappa shape index (κ1) is 35.1. The molecule has 0 aromatic rings. The number of carbonyl (C=O) groups is 1. The quantitative estimate of drug-likeness (QED) is 0.0618. The Bertz CT molecular complexity index is 463. The van der Waals surface area contributed by atoms with Crippen LogP contribution in [0.2, 0.25) is 0 Å². The summed E-state index contributed by atoms with van der Waals surface area (Å²) >= 11 is 0. The summed E-state index contributed by atoms with van der Waals surface area (Å²) in [7, 11) is 0. The Morgan fingerprint density at radius 2 is 1.08 bits per heavy atom. The first-order valence-corrected chi connectivity index (χ1v) is 15.8. The van der Waals surface area contributed by atoms with Crippen molar-refractivity contribution < 1.29 is 19.4 Å². The van der Waals surface area contributed by atoms with Crippen LogP contribution in [0.5, 0.6) is 0 Å². The summed E-state index contributed by atoms with van der Waals surface area (Å²) in [4.78, 5) is 12.0. The number of aliphatic hydroxyl groups is 1. The van der Waals surface area contributed by atoms with Crippen molar-refractivity contribution in [3.63, 3.8) is 0 Å². The fourth-order valence-electron chi connectivity index (χ4n) is 4.44. The van der Waals surface area contributed by atoms with Crippen molar-refractivity contribution >= 4 is 5.97 Å². The molecular formula is C32H62O4. The van der Waals surface area contributed by atoms with Gasteiger partial charge >= 0.3 is 5.97 Å². The van der Waals surface area contributed by atoms with Crippen molar-refractivity contribution in [1.29, 1.82) is 0 Å². The molecule has 0 bridgehead atoms. The van der Waals surface area contributed by atoms with Crippen LogP contribution in [0, 0.1) is 0 Å². The molecule has 0 saturated heterocycles. The van der Waals surface area contributed by atoms with Crippen LogP contribution in [0.1, 0.15) is 162 Å². The number of aliphatic hydroxyl groups excluding tert-OH is 1. The molecule has 0 aliphatic rings. The van der Waals surface area contributed by atoms with Gasteiger partial charge in [0.05, 0.1) is 13.2 Å². The normalized spacial score (nSPS) is 12.4. The third kappa shape index (κ3) is 27.7. The molecule has 214 valence electrons. The summed E-state index contributed by atoms with van der Waals surface area (Å²) in [5.41, 5.74) is 0. The van der Waals surface area contributed by atoms with E-state index in [1.54, 1.807) is 0 Å². The third-order valence-corrected chi connectivity index (χ3v) is 6.84. The monoisotopic (exact) mass is 510 g/mol. The molecule has 0 radical (unpaired) electrons. The highest BCUT2D eigenvalue weighted by atomic mass is 16.6. The fraction of sp³-hybridized carbons (Fsp3) is 0.906. The number of unbranched alkanes of at least 4 members (excludes halogenated alkanes) is 19. The van der Waals surface area contributed by atoms with Crippen molar-refractivity contribution in [3.05, 3.63) is 12.2 Å². The van der Waals surface area contributed by atoms with Gasteiger partial charge in [-0.05, 0) is 38.5 Å². The van der Waals surface area contributed by atoms with Gasteiger partial charge in [0.2, 0.25) is 0 Å². The fourth-order valence-corrected chi connectivity index (χ4v) is 4.44. The predicted octanol–water partition coefficient (Wildman–Crippen LogP) is 9.48. The number of esters is 1. The number of hydrogen-bond acceptors (Lipinski definition) is 4. The summed E-state index contributed by atoms with van der Waals surface area (Å²) in [6.45, 7) is 5.30. The highest BCUT2D eigenvalue weighted by molar-refractivity contribution is 5.69. The summed E-state index contributed by atoms with van der Waals surface area (Å²) in [6.07, 6.45) is 32.4. The van der Waals surface area contributed by atoms with E-state index in [1.165, 1.54) is 122 Å². The van der Waals surface area contributed by atoms with Crippen LogP contribution in [0.15, 0.2) is 12.2 Å². The maximum absolute atomic E-state index is 12.0. The predicted molar refractivity (Wildman–Crippen MR) is 154 cm³/mol. The highest BCUT2D eigenvalue weighted by Gasteiger charge is 2.13. The zero-order valence-corrected chi connectivity index (χ0v) is 24.3. The Balaban J connectivity index is 3.42. The summed E-state index contributed by atoms with van der Waals surface area (Å²) in [6, 6.07) is 0. The molecule has 0 saturated carbocycles. The molecule has 0 aromatic heterocycles. The maximum atomic E-state index is 12.0. The summed E-state index contributed by atoms with van der Waals surface area (Å²) in [5, 5.41) is 9.47. The van der Waals surface area contributed by atoms with Gasteiger partial charge in [0.25, 0.3) is 0 Å². The van der Waals surface area contributed by atoms with E-state index < -0.39 is 6.10 Å². The second kappa shape index (κ2) is 30.4. The molecule has 0 heterocycles. The Kier molecular flexibility index (Phi) is 29.6. The van der Waals surface area contributed by atoms with Gasteiger partial charge in [-0.25, -0.2) is 0 Å². The first-order chi connectivity index (χ1) is 17.7. The lowest BCUT2D eigenvalue weighted by Crippen LogP contribution is -2.27. The van der Waals surface area contributed by atoms with Gasteiger partial charge in [0.1, 0.15) is 6.10 Å². The molecule has 0 rings (SSSR count). The lowest BCUT2D eigenvalue weighted by atomic mass is 10.1. The SMILES string of the molecule is CCCCCCCC/C=C\CCCCCCCCOCC(CO)OC(=O)CCCCCCCCCC. The van der Waals surface area contributed by atoms with Gasteiger partial charge in [-0.3, -0.25) is 4.79 Å². The Hall–Kier alpha value is -0.870. The molecule has 36 heavy (non-hydrogen) atoms. The molecule has 0 fully saturated rings. The maximum Gasteiger partial charge on any atom is 0.306 e. The minimum absolute atomic E-state index is 0.170. The molecule has 0 amide bonds. The zero-order chi connectivity index (χ0) is 26.4. The molecule has 0 aliphatic carbocycles. The number of hydrogen-bond donors (Lipinski definition) is 1. The van der Waals surface area contributed by atoms with E-state index in [0.717, 1.165) is 19.3 Å². The zero-order valence-electron chi connectivity index (χ0n) is 24.3.